The number of aryl methyl sites for hydroxylation is 2. The van der Waals surface area contributed by atoms with Gasteiger partial charge in [-0.3, -0.25) is 4.79 Å². The van der Waals surface area contributed by atoms with Crippen molar-refractivity contribution in [3.8, 4) is 0 Å². The number of hydrogen-bond acceptors (Lipinski definition) is 1. The number of benzene rings is 2. The van der Waals surface area contributed by atoms with Crippen molar-refractivity contribution >= 4 is 5.78 Å². The van der Waals surface area contributed by atoms with Crippen LogP contribution in [0.2, 0.25) is 0 Å². The van der Waals surface area contributed by atoms with Gasteiger partial charge in [-0.15, -0.1) is 0 Å². The van der Waals surface area contributed by atoms with Crippen LogP contribution in [0.4, 0.5) is 8.78 Å². The molecule has 2 aromatic rings. The van der Waals surface area contributed by atoms with Crippen molar-refractivity contribution in [1.29, 1.82) is 0 Å². The highest BCUT2D eigenvalue weighted by Gasteiger charge is 2.14. The van der Waals surface area contributed by atoms with Gasteiger partial charge in [0.25, 0.3) is 0 Å². The van der Waals surface area contributed by atoms with Crippen molar-refractivity contribution in [2.45, 2.75) is 20.3 Å². The molecule has 0 aliphatic rings. The maximum atomic E-state index is 13.5. The molecule has 19 heavy (non-hydrogen) atoms. The Labute approximate surface area is 110 Å². The second kappa shape index (κ2) is 5.31. The van der Waals surface area contributed by atoms with Crippen LogP contribution in [-0.2, 0) is 6.42 Å². The first-order chi connectivity index (χ1) is 8.99. The summed E-state index contributed by atoms with van der Waals surface area (Å²) in [6, 6.07) is 9.42. The molecule has 2 rings (SSSR count). The van der Waals surface area contributed by atoms with Crippen LogP contribution in [0.1, 0.15) is 27.0 Å². The summed E-state index contributed by atoms with van der Waals surface area (Å²) in [6.45, 7) is 3.72. The van der Waals surface area contributed by atoms with Gasteiger partial charge < -0.3 is 0 Å². The van der Waals surface area contributed by atoms with Gasteiger partial charge in [0.15, 0.2) is 17.4 Å². The van der Waals surface area contributed by atoms with Crippen molar-refractivity contribution < 1.29 is 13.6 Å². The topological polar surface area (TPSA) is 17.1 Å². The Bertz CT molecular complexity index is 633. The molecule has 0 spiro atoms. The zero-order valence-corrected chi connectivity index (χ0v) is 10.8. The van der Waals surface area contributed by atoms with Gasteiger partial charge in [-0.05, 0) is 37.1 Å². The lowest BCUT2D eigenvalue weighted by atomic mass is 9.97. The minimum Gasteiger partial charge on any atom is -0.294 e. The Kier molecular flexibility index (Phi) is 3.74. The predicted octanol–water partition coefficient (Wildman–Crippen LogP) is 4.01. The van der Waals surface area contributed by atoms with Gasteiger partial charge in [0.05, 0.1) is 0 Å². The lowest BCUT2D eigenvalue weighted by Gasteiger charge is -2.07. The van der Waals surface area contributed by atoms with E-state index in [2.05, 4.69) is 0 Å². The number of carbonyl (C=O) groups excluding carboxylic acids is 1. The second-order valence-corrected chi connectivity index (χ2v) is 4.63. The van der Waals surface area contributed by atoms with Crippen molar-refractivity contribution in [3.63, 3.8) is 0 Å². The summed E-state index contributed by atoms with van der Waals surface area (Å²) in [7, 11) is 0. The molecule has 1 nitrogen and oxygen atoms in total. The molecule has 0 atom stereocenters. The fraction of sp³-hybridized carbons (Fsp3) is 0.188. The lowest BCUT2D eigenvalue weighted by Crippen LogP contribution is -2.08. The molecule has 0 heterocycles. The molecule has 98 valence electrons. The zero-order chi connectivity index (χ0) is 14.0. The average Bonchev–Trinajstić information content (AvgIpc) is 2.38. The van der Waals surface area contributed by atoms with Crippen LogP contribution in [0.3, 0.4) is 0 Å². The number of ketones is 1. The molecule has 0 saturated carbocycles. The molecule has 0 amide bonds. The standard InChI is InChI=1S/C16H14F2O/c1-10-6-7-11(2)13(8-10)15(19)9-12-4-3-5-14(17)16(12)18/h3-8H,9H2,1-2H3. The maximum absolute atomic E-state index is 13.5. The number of rotatable bonds is 3. The third-order valence-corrected chi connectivity index (χ3v) is 3.08. The van der Waals surface area contributed by atoms with Gasteiger partial charge >= 0.3 is 0 Å². The normalized spacial score (nSPS) is 10.5. The third-order valence-electron chi connectivity index (χ3n) is 3.08. The summed E-state index contributed by atoms with van der Waals surface area (Å²) < 4.78 is 26.6. The number of hydrogen-bond donors (Lipinski definition) is 0. The van der Waals surface area contributed by atoms with Crippen LogP contribution < -0.4 is 0 Å². The molecule has 0 bridgehead atoms. The van der Waals surface area contributed by atoms with Crippen LogP contribution >= 0.6 is 0 Å². The summed E-state index contributed by atoms with van der Waals surface area (Å²) in [5, 5.41) is 0. The first kappa shape index (κ1) is 13.4. The SMILES string of the molecule is Cc1ccc(C)c(C(=O)Cc2cccc(F)c2F)c1. The highest BCUT2D eigenvalue weighted by atomic mass is 19.2. The van der Waals surface area contributed by atoms with Gasteiger partial charge in [0, 0.05) is 12.0 Å². The molecule has 3 heteroatoms. The van der Waals surface area contributed by atoms with E-state index in [1.54, 1.807) is 6.07 Å². The van der Waals surface area contributed by atoms with Crippen LogP contribution in [0.5, 0.6) is 0 Å². The summed E-state index contributed by atoms with van der Waals surface area (Å²) in [4.78, 5) is 12.2. The zero-order valence-electron chi connectivity index (χ0n) is 10.8. The first-order valence-electron chi connectivity index (χ1n) is 6.02. The number of carbonyl (C=O) groups is 1. The highest BCUT2D eigenvalue weighted by Crippen LogP contribution is 2.17. The average molecular weight is 260 g/mol. The summed E-state index contributed by atoms with van der Waals surface area (Å²) >= 11 is 0. The lowest BCUT2D eigenvalue weighted by molar-refractivity contribution is 0.0991. The van der Waals surface area contributed by atoms with Gasteiger partial charge in [0.1, 0.15) is 0 Å². The van der Waals surface area contributed by atoms with Crippen molar-refractivity contribution in [1.82, 2.24) is 0 Å². The number of halogens is 2. The summed E-state index contributed by atoms with van der Waals surface area (Å²) in [5.74, 6) is -2.07. The Hall–Kier alpha value is -2.03. The molecular weight excluding hydrogens is 246 g/mol. The largest absolute Gasteiger partial charge is 0.294 e. The third kappa shape index (κ3) is 2.87. The number of Topliss-reactive ketones (excluding diaryl/α,β-unsaturated/α-hetero) is 1. The van der Waals surface area contributed by atoms with E-state index in [1.165, 1.54) is 12.1 Å². The second-order valence-electron chi connectivity index (χ2n) is 4.63. The van der Waals surface area contributed by atoms with E-state index in [4.69, 9.17) is 0 Å². The van der Waals surface area contributed by atoms with E-state index in [1.807, 2.05) is 26.0 Å². The van der Waals surface area contributed by atoms with Crippen LogP contribution in [0.15, 0.2) is 36.4 Å². The van der Waals surface area contributed by atoms with E-state index in [9.17, 15) is 13.6 Å². The van der Waals surface area contributed by atoms with E-state index in [-0.39, 0.29) is 17.8 Å². The van der Waals surface area contributed by atoms with Crippen LogP contribution in [0, 0.1) is 25.5 Å². The van der Waals surface area contributed by atoms with Crippen molar-refractivity contribution in [3.05, 3.63) is 70.3 Å². The smallest absolute Gasteiger partial charge is 0.167 e. The molecule has 2 aromatic carbocycles. The fourth-order valence-electron chi connectivity index (χ4n) is 1.99. The monoisotopic (exact) mass is 260 g/mol. The summed E-state index contributed by atoms with van der Waals surface area (Å²) in [6.07, 6.45) is -0.131. The van der Waals surface area contributed by atoms with Crippen molar-refractivity contribution in [2.24, 2.45) is 0 Å². The van der Waals surface area contributed by atoms with Gasteiger partial charge in [0.2, 0.25) is 0 Å². The minimum atomic E-state index is -0.943. The van der Waals surface area contributed by atoms with E-state index in [0.29, 0.717) is 5.56 Å². The fourth-order valence-corrected chi connectivity index (χ4v) is 1.99. The molecular formula is C16H14F2O. The Morgan fingerprint density at radius 2 is 1.84 bits per heavy atom. The Morgan fingerprint density at radius 3 is 2.58 bits per heavy atom. The molecule has 0 radical (unpaired) electrons. The maximum Gasteiger partial charge on any atom is 0.167 e. The molecule has 0 N–H and O–H groups in total. The van der Waals surface area contributed by atoms with Crippen LogP contribution in [-0.4, -0.2) is 5.78 Å². The molecule has 0 aromatic heterocycles. The molecule has 0 fully saturated rings. The highest BCUT2D eigenvalue weighted by molar-refractivity contribution is 5.99. The quantitative estimate of drug-likeness (QED) is 0.762. The van der Waals surface area contributed by atoms with E-state index < -0.39 is 11.6 Å². The summed E-state index contributed by atoms with van der Waals surface area (Å²) in [5.41, 5.74) is 2.45. The van der Waals surface area contributed by atoms with Crippen molar-refractivity contribution in [2.75, 3.05) is 0 Å². The van der Waals surface area contributed by atoms with E-state index >= 15 is 0 Å². The Morgan fingerprint density at radius 1 is 1.11 bits per heavy atom. The molecule has 0 unspecified atom stereocenters. The molecule has 0 aliphatic carbocycles. The molecule has 0 aliphatic heterocycles. The van der Waals surface area contributed by atoms with Crippen LogP contribution in [0.25, 0.3) is 0 Å². The first-order valence-corrected chi connectivity index (χ1v) is 6.02. The van der Waals surface area contributed by atoms with Gasteiger partial charge in [-0.25, -0.2) is 8.78 Å². The molecule has 0 saturated heterocycles. The van der Waals surface area contributed by atoms with Gasteiger partial charge in [-0.2, -0.15) is 0 Å². The minimum absolute atomic E-state index is 0.0888. The predicted molar refractivity (Wildman–Crippen MR) is 70.3 cm³/mol. The Balaban J connectivity index is 2.31. The van der Waals surface area contributed by atoms with Gasteiger partial charge in [-0.1, -0.05) is 29.8 Å². The van der Waals surface area contributed by atoms with E-state index in [0.717, 1.165) is 17.2 Å².